The number of hydrogen-bond donors (Lipinski definition) is 1. The Balaban J connectivity index is 2.13. The Morgan fingerprint density at radius 1 is 1.45 bits per heavy atom. The Morgan fingerprint density at radius 3 is 3.00 bits per heavy atom. The Bertz CT molecular complexity index is 688. The first-order valence-corrected chi connectivity index (χ1v) is 6.47. The van der Waals surface area contributed by atoms with Crippen LogP contribution in [0, 0.1) is 0 Å². The lowest BCUT2D eigenvalue weighted by Gasteiger charge is -1.96. The third-order valence-corrected chi connectivity index (χ3v) is 2.83. The van der Waals surface area contributed by atoms with Crippen LogP contribution in [0.1, 0.15) is 12.6 Å². The number of fused-ring (bicyclic) bond motifs is 1. The zero-order valence-electron chi connectivity index (χ0n) is 10.8. The molecule has 0 radical (unpaired) electrons. The van der Waals surface area contributed by atoms with Crippen molar-refractivity contribution in [3.05, 3.63) is 53.0 Å². The first kappa shape index (κ1) is 14.3. The van der Waals surface area contributed by atoms with E-state index in [9.17, 15) is 9.18 Å². The van der Waals surface area contributed by atoms with Gasteiger partial charge in [0.2, 0.25) is 5.83 Å². The number of hydrogen-bond acceptors (Lipinski definition) is 2. The minimum absolute atomic E-state index is 0.145. The largest absolute Gasteiger partial charge is 0.461 e. The Kier molecular flexibility index (Phi) is 4.58. The van der Waals surface area contributed by atoms with Crippen molar-refractivity contribution in [2.75, 3.05) is 6.61 Å². The molecule has 1 aromatic heterocycles. The van der Waals surface area contributed by atoms with Crippen LogP contribution in [0.25, 0.3) is 17.0 Å². The van der Waals surface area contributed by atoms with E-state index in [1.807, 2.05) is 18.2 Å². The van der Waals surface area contributed by atoms with Crippen molar-refractivity contribution in [3.63, 3.8) is 0 Å². The maximum absolute atomic E-state index is 13.3. The van der Waals surface area contributed by atoms with Crippen LogP contribution in [-0.2, 0) is 9.53 Å². The predicted octanol–water partition coefficient (Wildman–Crippen LogP) is 4.25. The molecule has 20 heavy (non-hydrogen) atoms. The van der Waals surface area contributed by atoms with Gasteiger partial charge in [-0.2, -0.15) is 4.39 Å². The fraction of sp³-hybridized carbons (Fsp3) is 0.133. The van der Waals surface area contributed by atoms with Crippen molar-refractivity contribution in [2.45, 2.75) is 6.92 Å². The molecule has 0 unspecified atom stereocenters. The summed E-state index contributed by atoms with van der Waals surface area (Å²) in [5, 5.41) is 1.62. The van der Waals surface area contributed by atoms with E-state index in [0.717, 1.165) is 22.7 Å². The van der Waals surface area contributed by atoms with E-state index in [-0.39, 0.29) is 6.61 Å². The topological polar surface area (TPSA) is 42.1 Å². The second kappa shape index (κ2) is 6.39. The van der Waals surface area contributed by atoms with E-state index in [0.29, 0.717) is 5.02 Å². The lowest BCUT2D eigenvalue weighted by molar-refractivity contribution is -0.140. The molecule has 0 saturated carbocycles. The summed E-state index contributed by atoms with van der Waals surface area (Å²) in [5.74, 6) is -1.89. The number of aromatic nitrogens is 1. The van der Waals surface area contributed by atoms with Crippen molar-refractivity contribution < 1.29 is 13.9 Å². The van der Waals surface area contributed by atoms with E-state index in [2.05, 4.69) is 9.72 Å². The summed E-state index contributed by atoms with van der Waals surface area (Å²) in [7, 11) is 0. The van der Waals surface area contributed by atoms with Gasteiger partial charge in [0, 0.05) is 21.6 Å². The van der Waals surface area contributed by atoms with Crippen LogP contribution in [0.4, 0.5) is 4.39 Å². The monoisotopic (exact) mass is 293 g/mol. The maximum Gasteiger partial charge on any atom is 0.367 e. The molecule has 1 N–H and O–H groups in total. The molecule has 0 aliphatic rings. The fourth-order valence-corrected chi connectivity index (χ4v) is 1.90. The average molecular weight is 294 g/mol. The summed E-state index contributed by atoms with van der Waals surface area (Å²) >= 11 is 5.90. The molecule has 2 rings (SSSR count). The van der Waals surface area contributed by atoms with Crippen LogP contribution in [0.5, 0.6) is 0 Å². The number of rotatable bonds is 4. The molecule has 0 bridgehead atoms. The molecule has 0 fully saturated rings. The van der Waals surface area contributed by atoms with Gasteiger partial charge >= 0.3 is 5.97 Å². The van der Waals surface area contributed by atoms with Crippen LogP contribution in [0.3, 0.4) is 0 Å². The molecule has 3 nitrogen and oxygen atoms in total. The van der Waals surface area contributed by atoms with Gasteiger partial charge in [-0.25, -0.2) is 4.79 Å². The van der Waals surface area contributed by atoms with Gasteiger partial charge in [0.25, 0.3) is 0 Å². The molecular formula is C15H13ClFNO2. The molecular weight excluding hydrogens is 281 g/mol. The van der Waals surface area contributed by atoms with Crippen LogP contribution < -0.4 is 0 Å². The zero-order chi connectivity index (χ0) is 14.5. The standard InChI is InChI=1S/C15H13ClFNO2/c1-2-20-15(19)13(17)5-3-4-12-9-10-8-11(16)6-7-14(10)18-12/h3-9,18H,2H2,1H3/b4-3+,13-5+. The summed E-state index contributed by atoms with van der Waals surface area (Å²) < 4.78 is 17.8. The number of halogens is 2. The number of carbonyl (C=O) groups is 1. The highest BCUT2D eigenvalue weighted by Crippen LogP contribution is 2.20. The quantitative estimate of drug-likeness (QED) is 0.520. The third-order valence-electron chi connectivity index (χ3n) is 2.59. The number of H-pyrrole nitrogens is 1. The molecule has 0 aliphatic heterocycles. The van der Waals surface area contributed by atoms with Gasteiger partial charge < -0.3 is 9.72 Å². The normalized spacial score (nSPS) is 12.2. The molecule has 1 aromatic carbocycles. The second-order valence-corrected chi connectivity index (χ2v) is 4.49. The minimum atomic E-state index is -0.958. The van der Waals surface area contributed by atoms with Crippen molar-refractivity contribution >= 4 is 34.5 Å². The van der Waals surface area contributed by atoms with Gasteiger partial charge in [-0.3, -0.25) is 0 Å². The highest BCUT2D eigenvalue weighted by atomic mass is 35.5. The number of ether oxygens (including phenoxy) is 1. The van der Waals surface area contributed by atoms with Crippen LogP contribution >= 0.6 is 11.6 Å². The van der Waals surface area contributed by atoms with Crippen molar-refractivity contribution in [1.82, 2.24) is 4.98 Å². The SMILES string of the molecule is CCOC(=O)/C(F)=C\C=C\c1cc2cc(Cl)ccc2[nH]1. The summed E-state index contributed by atoms with van der Waals surface area (Å²) in [6.45, 7) is 1.77. The van der Waals surface area contributed by atoms with Crippen LogP contribution in [0.2, 0.25) is 5.02 Å². The van der Waals surface area contributed by atoms with Crippen molar-refractivity contribution in [1.29, 1.82) is 0 Å². The summed E-state index contributed by atoms with van der Waals surface area (Å²) in [5.41, 5.74) is 1.72. The van der Waals surface area contributed by atoms with Crippen LogP contribution in [-0.4, -0.2) is 17.6 Å². The lowest BCUT2D eigenvalue weighted by Crippen LogP contribution is -2.03. The third kappa shape index (κ3) is 3.48. The number of carbonyl (C=O) groups excluding carboxylic acids is 1. The van der Waals surface area contributed by atoms with Crippen LogP contribution in [0.15, 0.2) is 42.2 Å². The van der Waals surface area contributed by atoms with E-state index in [1.54, 1.807) is 19.1 Å². The molecule has 5 heteroatoms. The predicted molar refractivity (Wildman–Crippen MR) is 78.2 cm³/mol. The first-order chi connectivity index (χ1) is 9.60. The summed E-state index contributed by atoms with van der Waals surface area (Å²) in [6, 6.07) is 7.37. The van der Waals surface area contributed by atoms with Gasteiger partial charge in [0.05, 0.1) is 6.61 Å². The number of nitrogens with one attached hydrogen (secondary N) is 1. The second-order valence-electron chi connectivity index (χ2n) is 4.05. The van der Waals surface area contributed by atoms with Crippen molar-refractivity contribution in [2.24, 2.45) is 0 Å². The van der Waals surface area contributed by atoms with E-state index < -0.39 is 11.8 Å². The molecule has 2 aromatic rings. The highest BCUT2D eigenvalue weighted by Gasteiger charge is 2.07. The van der Waals surface area contributed by atoms with Crippen molar-refractivity contribution in [3.8, 4) is 0 Å². The van der Waals surface area contributed by atoms with Gasteiger partial charge in [0.1, 0.15) is 0 Å². The number of aromatic amines is 1. The molecule has 0 amide bonds. The molecule has 0 aliphatic carbocycles. The molecule has 104 valence electrons. The van der Waals surface area contributed by atoms with E-state index >= 15 is 0 Å². The number of benzene rings is 1. The Labute approximate surface area is 120 Å². The average Bonchev–Trinajstić information content (AvgIpc) is 2.80. The Hall–Kier alpha value is -2.07. The summed E-state index contributed by atoms with van der Waals surface area (Å²) in [6.07, 6.45) is 4.17. The van der Waals surface area contributed by atoms with E-state index in [1.165, 1.54) is 6.08 Å². The minimum Gasteiger partial charge on any atom is -0.461 e. The number of allylic oxidation sites excluding steroid dienone is 2. The number of esters is 1. The summed E-state index contributed by atoms with van der Waals surface area (Å²) in [4.78, 5) is 14.2. The Morgan fingerprint density at radius 2 is 2.25 bits per heavy atom. The van der Waals surface area contributed by atoms with Gasteiger partial charge in [-0.05, 0) is 43.3 Å². The molecule has 0 saturated heterocycles. The maximum atomic E-state index is 13.3. The first-order valence-electron chi connectivity index (χ1n) is 6.09. The molecule has 0 spiro atoms. The van der Waals surface area contributed by atoms with Gasteiger partial charge in [-0.1, -0.05) is 17.7 Å². The molecule has 0 atom stereocenters. The highest BCUT2D eigenvalue weighted by molar-refractivity contribution is 6.31. The smallest absolute Gasteiger partial charge is 0.367 e. The zero-order valence-corrected chi connectivity index (χ0v) is 11.6. The van der Waals surface area contributed by atoms with E-state index in [4.69, 9.17) is 11.6 Å². The van der Waals surface area contributed by atoms with Gasteiger partial charge in [-0.15, -0.1) is 0 Å². The van der Waals surface area contributed by atoms with Gasteiger partial charge in [0.15, 0.2) is 0 Å². The fourth-order valence-electron chi connectivity index (χ4n) is 1.72. The lowest BCUT2D eigenvalue weighted by atomic mass is 10.2. The molecule has 1 heterocycles.